The normalized spacial score (nSPS) is 35.0. The van der Waals surface area contributed by atoms with E-state index in [1.54, 1.807) is 0 Å². The van der Waals surface area contributed by atoms with Crippen molar-refractivity contribution in [2.45, 2.75) is 51.4 Å². The predicted octanol–water partition coefficient (Wildman–Crippen LogP) is 4.79. The van der Waals surface area contributed by atoms with Gasteiger partial charge in [0, 0.05) is 16.4 Å². The number of rotatable bonds is 3. The highest BCUT2D eigenvalue weighted by molar-refractivity contribution is 7.33. The maximum absolute atomic E-state index is 12.4. The van der Waals surface area contributed by atoms with Gasteiger partial charge in [0.1, 0.15) is 5.78 Å². The second-order valence-corrected chi connectivity index (χ2v) is 8.69. The lowest BCUT2D eigenvalue weighted by Gasteiger charge is -2.48. The number of benzene rings is 1. The van der Waals surface area contributed by atoms with Gasteiger partial charge in [0.15, 0.2) is 5.75 Å². The Balaban J connectivity index is 1.61. The van der Waals surface area contributed by atoms with Gasteiger partial charge in [-0.25, -0.2) is 4.52 Å². The van der Waals surface area contributed by atoms with Crippen molar-refractivity contribution in [2.24, 2.45) is 17.3 Å². The number of carbonyl (C=O) groups excluding carboxylic acids is 1. The molecule has 1 unspecified atom stereocenters. The molecule has 128 valence electrons. The highest BCUT2D eigenvalue weighted by Crippen LogP contribution is 2.59. The molecule has 3 aliphatic carbocycles. The molecule has 24 heavy (non-hydrogen) atoms. The molecular formula is C19H24O4P+. The molecule has 0 radical (unpaired) electrons. The molecule has 4 rings (SSSR count). The number of Topliss-reactive ketones (excluding diaryl/α,β-unsaturated/α-hetero) is 1. The first kappa shape index (κ1) is 16.2. The third-order valence-electron chi connectivity index (χ3n) is 6.74. The van der Waals surface area contributed by atoms with Crippen LogP contribution < -0.4 is 4.52 Å². The number of ketones is 1. The average Bonchev–Trinajstić information content (AvgIpc) is 2.89. The van der Waals surface area contributed by atoms with E-state index in [4.69, 9.17) is 9.05 Å². The van der Waals surface area contributed by atoms with E-state index in [2.05, 4.69) is 13.0 Å². The Bertz CT molecular complexity index is 701. The van der Waals surface area contributed by atoms with Gasteiger partial charge in [0.05, 0.1) is 7.11 Å². The molecule has 5 heteroatoms. The zero-order valence-electron chi connectivity index (χ0n) is 14.3. The predicted molar refractivity (Wildman–Crippen MR) is 91.3 cm³/mol. The molecular weight excluding hydrogens is 323 g/mol. The molecule has 0 bridgehead atoms. The van der Waals surface area contributed by atoms with E-state index in [-0.39, 0.29) is 5.41 Å². The average molecular weight is 347 g/mol. The monoisotopic (exact) mass is 347 g/mol. The van der Waals surface area contributed by atoms with Crippen LogP contribution in [0.15, 0.2) is 18.2 Å². The topological polar surface area (TPSA) is 52.6 Å². The number of hydrogen-bond donors (Lipinski definition) is 0. The Labute approximate surface area is 143 Å². The summed E-state index contributed by atoms with van der Waals surface area (Å²) < 4.78 is 21.5. The molecule has 1 aromatic carbocycles. The summed E-state index contributed by atoms with van der Waals surface area (Å²) in [6.45, 7) is 2.21. The Morgan fingerprint density at radius 1 is 1.21 bits per heavy atom. The highest BCUT2D eigenvalue weighted by atomic mass is 31.1. The quantitative estimate of drug-likeness (QED) is 0.738. The largest absolute Gasteiger partial charge is 0.749 e. The summed E-state index contributed by atoms with van der Waals surface area (Å²) in [6.07, 6.45) is 6.12. The van der Waals surface area contributed by atoms with Crippen molar-refractivity contribution < 1.29 is 18.4 Å². The second-order valence-electron chi connectivity index (χ2n) is 7.69. The molecule has 2 fully saturated rings. The molecule has 3 aliphatic rings. The van der Waals surface area contributed by atoms with Crippen LogP contribution in [0, 0.1) is 17.3 Å². The van der Waals surface area contributed by atoms with E-state index < -0.39 is 8.25 Å². The van der Waals surface area contributed by atoms with Gasteiger partial charge in [-0.1, -0.05) is 13.0 Å². The second kappa shape index (κ2) is 5.93. The molecule has 0 aromatic heterocycles. The number of fused-ring (bicyclic) bond motifs is 5. The lowest BCUT2D eigenvalue weighted by molar-refractivity contribution is -0.129. The third kappa shape index (κ3) is 2.43. The first-order valence-electron chi connectivity index (χ1n) is 8.88. The van der Waals surface area contributed by atoms with Gasteiger partial charge >= 0.3 is 8.25 Å². The zero-order valence-corrected chi connectivity index (χ0v) is 15.2. The Kier molecular flexibility index (Phi) is 4.01. The van der Waals surface area contributed by atoms with Gasteiger partial charge in [-0.2, -0.15) is 0 Å². The Morgan fingerprint density at radius 2 is 2.04 bits per heavy atom. The van der Waals surface area contributed by atoms with E-state index in [0.717, 1.165) is 38.5 Å². The van der Waals surface area contributed by atoms with Gasteiger partial charge in [0.2, 0.25) is 0 Å². The molecule has 0 N–H and O–H groups in total. The van der Waals surface area contributed by atoms with Crippen molar-refractivity contribution >= 4 is 14.0 Å². The van der Waals surface area contributed by atoms with Crippen LogP contribution >= 0.6 is 8.25 Å². The van der Waals surface area contributed by atoms with E-state index in [1.165, 1.54) is 18.2 Å². The van der Waals surface area contributed by atoms with Crippen molar-refractivity contribution in [2.75, 3.05) is 7.11 Å². The van der Waals surface area contributed by atoms with E-state index in [1.807, 2.05) is 12.1 Å². The SMILES string of the molecule is CO[P+](=O)Oc1ccc2c(c1)CC[C@@H]1[C@@H]2CC[C@]2(C)C(=O)CC[C@@H]12. The van der Waals surface area contributed by atoms with Crippen molar-refractivity contribution in [1.82, 2.24) is 0 Å². The molecule has 4 nitrogen and oxygen atoms in total. The first-order chi connectivity index (χ1) is 11.5. The van der Waals surface area contributed by atoms with Crippen LogP contribution in [-0.2, 0) is 20.3 Å². The lowest BCUT2D eigenvalue weighted by Crippen LogP contribution is -2.42. The minimum Gasteiger partial charge on any atom is -0.299 e. The maximum Gasteiger partial charge on any atom is 0.749 e. The summed E-state index contributed by atoms with van der Waals surface area (Å²) in [4.78, 5) is 12.4. The van der Waals surface area contributed by atoms with Gasteiger partial charge in [-0.3, -0.25) is 4.79 Å². The summed E-state index contributed by atoms with van der Waals surface area (Å²) >= 11 is 0. The van der Waals surface area contributed by atoms with Gasteiger partial charge in [0.25, 0.3) is 0 Å². The number of carbonyl (C=O) groups is 1. The summed E-state index contributed by atoms with van der Waals surface area (Å²) in [6, 6.07) is 6.06. The van der Waals surface area contributed by atoms with Crippen LogP contribution in [0.25, 0.3) is 0 Å². The van der Waals surface area contributed by atoms with E-state index >= 15 is 0 Å². The Hall–Kier alpha value is -1.25. The standard InChI is InChI=1S/C19H24O4P/c1-19-10-9-15-14-6-4-13(23-24(21)22-2)11-12(14)3-5-16(15)17(19)7-8-18(19)20/h4,6,11,15-17H,3,5,7-10H2,1-2H3/q+1/t15-,16-,17+,19+/m1/s1. The molecule has 1 aromatic rings. The molecule has 0 amide bonds. The fourth-order valence-electron chi connectivity index (χ4n) is 5.51. The van der Waals surface area contributed by atoms with Gasteiger partial charge in [-0.15, -0.1) is 4.52 Å². The van der Waals surface area contributed by atoms with Crippen molar-refractivity contribution in [3.05, 3.63) is 29.3 Å². The summed E-state index contributed by atoms with van der Waals surface area (Å²) in [5.41, 5.74) is 2.65. The van der Waals surface area contributed by atoms with E-state index in [9.17, 15) is 9.36 Å². The third-order valence-corrected chi connectivity index (χ3v) is 7.39. The number of aryl methyl sites for hydroxylation is 1. The van der Waals surface area contributed by atoms with Crippen LogP contribution in [-0.4, -0.2) is 12.9 Å². The van der Waals surface area contributed by atoms with Crippen LogP contribution in [0.1, 0.15) is 56.1 Å². The molecule has 5 atom stereocenters. The van der Waals surface area contributed by atoms with Gasteiger partial charge < -0.3 is 0 Å². The lowest BCUT2D eigenvalue weighted by atomic mass is 9.55. The van der Waals surface area contributed by atoms with Crippen molar-refractivity contribution in [3.63, 3.8) is 0 Å². The minimum absolute atomic E-state index is 0.0709. The van der Waals surface area contributed by atoms with Crippen LogP contribution in [0.2, 0.25) is 0 Å². The molecule has 0 aliphatic heterocycles. The Morgan fingerprint density at radius 3 is 2.83 bits per heavy atom. The fourth-order valence-corrected chi connectivity index (χ4v) is 5.87. The van der Waals surface area contributed by atoms with Gasteiger partial charge in [-0.05, 0) is 73.1 Å². The molecule has 0 heterocycles. The fraction of sp³-hybridized carbons (Fsp3) is 0.632. The van der Waals surface area contributed by atoms with Crippen LogP contribution in [0.4, 0.5) is 0 Å². The minimum atomic E-state index is -2.09. The zero-order chi connectivity index (χ0) is 16.9. The van der Waals surface area contributed by atoms with Crippen LogP contribution in [0.3, 0.4) is 0 Å². The maximum atomic E-state index is 12.4. The highest BCUT2D eigenvalue weighted by Gasteiger charge is 2.54. The molecule has 0 spiro atoms. The van der Waals surface area contributed by atoms with Crippen LogP contribution in [0.5, 0.6) is 5.75 Å². The van der Waals surface area contributed by atoms with Crippen molar-refractivity contribution in [1.29, 1.82) is 0 Å². The number of hydrogen-bond acceptors (Lipinski definition) is 4. The summed E-state index contributed by atoms with van der Waals surface area (Å²) in [5.74, 6) is 2.85. The summed E-state index contributed by atoms with van der Waals surface area (Å²) in [7, 11) is -0.712. The van der Waals surface area contributed by atoms with E-state index in [0.29, 0.717) is 29.3 Å². The molecule has 0 saturated heterocycles. The summed E-state index contributed by atoms with van der Waals surface area (Å²) in [5, 5.41) is 0. The van der Waals surface area contributed by atoms with Crippen molar-refractivity contribution in [3.8, 4) is 5.75 Å². The first-order valence-corrected chi connectivity index (χ1v) is 9.98. The smallest absolute Gasteiger partial charge is 0.299 e. The molecule has 2 saturated carbocycles.